The van der Waals surface area contributed by atoms with Gasteiger partial charge in [-0.1, -0.05) is 30.3 Å². The molecule has 0 saturated carbocycles. The van der Waals surface area contributed by atoms with Crippen molar-refractivity contribution in [2.75, 3.05) is 12.4 Å². The fourth-order valence-electron chi connectivity index (χ4n) is 3.19. The van der Waals surface area contributed by atoms with Crippen LogP contribution in [0.15, 0.2) is 71.3 Å². The minimum Gasteiger partial charge on any atom is -0.495 e. The molecule has 4 rings (SSSR count). The number of amides is 1. The second-order valence-corrected chi connectivity index (χ2v) is 7.48. The quantitative estimate of drug-likeness (QED) is 0.402. The van der Waals surface area contributed by atoms with E-state index < -0.39 is 0 Å². The molecule has 0 bridgehead atoms. The van der Waals surface area contributed by atoms with Crippen molar-refractivity contribution in [2.24, 2.45) is 0 Å². The highest BCUT2D eigenvalue weighted by molar-refractivity contribution is 9.10. The third kappa shape index (κ3) is 3.79. The van der Waals surface area contributed by atoms with Gasteiger partial charge in [0.05, 0.1) is 22.7 Å². The Kier molecular flexibility index (Phi) is 5.42. The number of halogens is 1. The summed E-state index contributed by atoms with van der Waals surface area (Å²) >= 11 is 8.92. The molecule has 7 heteroatoms. The number of hydrogen-bond acceptors (Lipinski definition) is 4. The number of anilines is 1. The van der Waals surface area contributed by atoms with Gasteiger partial charge in [0.25, 0.3) is 5.91 Å². The fourth-order valence-corrected chi connectivity index (χ4v) is 4.13. The molecular formula is C22H16BrN3O2S. The van der Waals surface area contributed by atoms with E-state index in [9.17, 15) is 4.79 Å². The Hall–Kier alpha value is -3.03. The lowest BCUT2D eigenvalue weighted by Gasteiger charge is -2.15. The maximum absolute atomic E-state index is 12.9. The van der Waals surface area contributed by atoms with Crippen molar-refractivity contribution in [1.82, 2.24) is 10.3 Å². The first kappa shape index (κ1) is 19.3. The number of thiocarbonyl (C=S) groups is 1. The standard InChI is InChI=1S/C22H16BrN3O2S/c1-28-20-16(12-13-6-2-3-7-14(13)19(20)23)21(27)26-22(29)25-18-10-4-9-17-15(18)8-5-11-24-17/h2-12H,1H3,(H2,25,26,27,29). The molecule has 29 heavy (non-hydrogen) atoms. The summed E-state index contributed by atoms with van der Waals surface area (Å²) < 4.78 is 6.21. The van der Waals surface area contributed by atoms with Crippen LogP contribution < -0.4 is 15.4 Å². The van der Waals surface area contributed by atoms with Gasteiger partial charge < -0.3 is 10.1 Å². The highest BCUT2D eigenvalue weighted by Gasteiger charge is 2.19. The summed E-state index contributed by atoms with van der Waals surface area (Å²) in [6, 6.07) is 19.0. The van der Waals surface area contributed by atoms with E-state index in [0.29, 0.717) is 11.3 Å². The molecule has 0 unspecified atom stereocenters. The van der Waals surface area contributed by atoms with E-state index in [4.69, 9.17) is 17.0 Å². The van der Waals surface area contributed by atoms with E-state index in [1.807, 2.05) is 54.6 Å². The topological polar surface area (TPSA) is 63.2 Å². The number of methoxy groups -OCH3 is 1. The highest BCUT2D eigenvalue weighted by atomic mass is 79.9. The van der Waals surface area contributed by atoms with Crippen molar-refractivity contribution in [3.05, 3.63) is 76.9 Å². The number of aromatic nitrogens is 1. The van der Waals surface area contributed by atoms with Gasteiger partial charge in [-0.15, -0.1) is 0 Å². The monoisotopic (exact) mass is 465 g/mol. The molecule has 0 aliphatic rings. The van der Waals surface area contributed by atoms with Gasteiger partial charge in [-0.05, 0) is 69.3 Å². The Labute approximate surface area is 181 Å². The van der Waals surface area contributed by atoms with Crippen LogP contribution in [-0.2, 0) is 0 Å². The number of ether oxygens (including phenoxy) is 1. The van der Waals surface area contributed by atoms with Gasteiger partial charge in [0.1, 0.15) is 5.75 Å². The van der Waals surface area contributed by atoms with E-state index in [2.05, 4.69) is 31.5 Å². The summed E-state index contributed by atoms with van der Waals surface area (Å²) in [6.45, 7) is 0. The zero-order chi connectivity index (χ0) is 20.4. The van der Waals surface area contributed by atoms with Crippen LogP contribution in [0, 0.1) is 0 Å². The van der Waals surface area contributed by atoms with E-state index in [-0.39, 0.29) is 11.0 Å². The molecule has 0 radical (unpaired) electrons. The molecule has 3 aromatic carbocycles. The molecule has 1 heterocycles. The molecule has 0 aliphatic heterocycles. The van der Waals surface area contributed by atoms with Gasteiger partial charge in [-0.2, -0.15) is 0 Å². The lowest BCUT2D eigenvalue weighted by atomic mass is 10.1. The molecule has 0 aliphatic carbocycles. The Morgan fingerprint density at radius 3 is 2.69 bits per heavy atom. The molecule has 2 N–H and O–H groups in total. The van der Waals surface area contributed by atoms with Gasteiger partial charge in [0.15, 0.2) is 5.11 Å². The second kappa shape index (κ2) is 8.14. The first-order valence-corrected chi connectivity index (χ1v) is 10.00. The van der Waals surface area contributed by atoms with Gasteiger partial charge in [0, 0.05) is 17.3 Å². The summed E-state index contributed by atoms with van der Waals surface area (Å²) in [5.74, 6) is 0.0996. The first-order valence-electron chi connectivity index (χ1n) is 8.80. The van der Waals surface area contributed by atoms with E-state index in [1.54, 1.807) is 12.3 Å². The van der Waals surface area contributed by atoms with Crippen LogP contribution in [0.5, 0.6) is 5.75 Å². The van der Waals surface area contributed by atoms with Gasteiger partial charge in [0.2, 0.25) is 0 Å². The van der Waals surface area contributed by atoms with Crippen molar-refractivity contribution in [1.29, 1.82) is 0 Å². The summed E-state index contributed by atoms with van der Waals surface area (Å²) in [5.41, 5.74) is 2.00. The zero-order valence-corrected chi connectivity index (χ0v) is 17.8. The number of fused-ring (bicyclic) bond motifs is 2. The predicted octanol–water partition coefficient (Wildman–Crippen LogP) is 5.29. The van der Waals surface area contributed by atoms with Gasteiger partial charge in [-0.3, -0.25) is 15.1 Å². The van der Waals surface area contributed by atoms with Gasteiger partial charge in [-0.25, -0.2) is 0 Å². The third-order valence-electron chi connectivity index (χ3n) is 4.51. The average Bonchev–Trinajstić information content (AvgIpc) is 2.74. The number of benzene rings is 3. The van der Waals surface area contributed by atoms with Crippen molar-refractivity contribution < 1.29 is 9.53 Å². The Morgan fingerprint density at radius 2 is 1.86 bits per heavy atom. The molecule has 4 aromatic rings. The van der Waals surface area contributed by atoms with Crippen LogP contribution in [-0.4, -0.2) is 23.1 Å². The second-order valence-electron chi connectivity index (χ2n) is 6.28. The minimum atomic E-state index is -0.357. The molecule has 0 fully saturated rings. The van der Waals surface area contributed by atoms with E-state index >= 15 is 0 Å². The van der Waals surface area contributed by atoms with Crippen molar-refractivity contribution >= 4 is 66.5 Å². The summed E-state index contributed by atoms with van der Waals surface area (Å²) in [4.78, 5) is 17.3. The smallest absolute Gasteiger partial charge is 0.261 e. The van der Waals surface area contributed by atoms with Gasteiger partial charge >= 0.3 is 0 Å². The van der Waals surface area contributed by atoms with E-state index in [1.165, 1.54) is 7.11 Å². The number of carbonyl (C=O) groups is 1. The van der Waals surface area contributed by atoms with Crippen molar-refractivity contribution in [2.45, 2.75) is 0 Å². The Bertz CT molecular complexity index is 1250. The van der Waals surface area contributed by atoms with Crippen LogP contribution in [0.1, 0.15) is 10.4 Å². The normalized spacial score (nSPS) is 10.7. The van der Waals surface area contributed by atoms with Crippen LogP contribution >= 0.6 is 28.1 Å². The van der Waals surface area contributed by atoms with Crippen LogP contribution in [0.2, 0.25) is 0 Å². The average molecular weight is 466 g/mol. The third-order valence-corrected chi connectivity index (χ3v) is 5.50. The Morgan fingerprint density at radius 1 is 1.07 bits per heavy atom. The largest absolute Gasteiger partial charge is 0.495 e. The molecule has 0 spiro atoms. The highest BCUT2D eigenvalue weighted by Crippen LogP contribution is 2.36. The molecule has 1 aromatic heterocycles. The lowest BCUT2D eigenvalue weighted by molar-refractivity contribution is 0.0975. The maximum atomic E-state index is 12.9. The number of rotatable bonds is 3. The van der Waals surface area contributed by atoms with Crippen molar-refractivity contribution in [3.63, 3.8) is 0 Å². The molecule has 0 saturated heterocycles. The van der Waals surface area contributed by atoms with Crippen LogP contribution in [0.3, 0.4) is 0 Å². The van der Waals surface area contributed by atoms with Crippen molar-refractivity contribution in [3.8, 4) is 5.75 Å². The summed E-state index contributed by atoms with van der Waals surface area (Å²) in [5, 5.41) is 8.81. The summed E-state index contributed by atoms with van der Waals surface area (Å²) in [6.07, 6.45) is 1.73. The predicted molar refractivity (Wildman–Crippen MR) is 124 cm³/mol. The number of nitrogens with one attached hydrogen (secondary N) is 2. The SMILES string of the molecule is COc1c(C(=O)NC(=S)Nc2cccc3ncccc23)cc2ccccc2c1Br. The number of pyridine rings is 1. The maximum Gasteiger partial charge on any atom is 0.261 e. The van der Waals surface area contributed by atoms with Crippen LogP contribution in [0.4, 0.5) is 5.69 Å². The molecule has 5 nitrogen and oxygen atoms in total. The summed E-state index contributed by atoms with van der Waals surface area (Å²) in [7, 11) is 1.53. The molecule has 1 amide bonds. The lowest BCUT2D eigenvalue weighted by Crippen LogP contribution is -2.34. The number of hydrogen-bond donors (Lipinski definition) is 2. The Balaban J connectivity index is 1.61. The fraction of sp³-hybridized carbons (Fsp3) is 0.0455. The molecule has 0 atom stereocenters. The number of carbonyl (C=O) groups excluding carboxylic acids is 1. The molecular weight excluding hydrogens is 450 g/mol. The van der Waals surface area contributed by atoms with Crippen LogP contribution in [0.25, 0.3) is 21.7 Å². The zero-order valence-electron chi connectivity index (χ0n) is 15.4. The number of nitrogens with zero attached hydrogens (tertiary/aromatic N) is 1. The first-order chi connectivity index (χ1) is 14.1. The van der Waals surface area contributed by atoms with E-state index in [0.717, 1.165) is 31.8 Å². The molecule has 144 valence electrons. The minimum absolute atomic E-state index is 0.192.